The first-order chi connectivity index (χ1) is 5.43. The second-order valence-electron chi connectivity index (χ2n) is 1.97. The van der Waals surface area contributed by atoms with Gasteiger partial charge in [0.15, 0.2) is 10.7 Å². The van der Waals surface area contributed by atoms with Crippen LogP contribution in [0.3, 0.4) is 0 Å². The highest BCUT2D eigenvalue weighted by molar-refractivity contribution is 5.08. The van der Waals surface area contributed by atoms with E-state index in [0.29, 0.717) is 6.07 Å². The Bertz CT molecular complexity index is 304. The molecule has 0 saturated carbocycles. The van der Waals surface area contributed by atoms with Gasteiger partial charge in [0.25, 0.3) is 0 Å². The van der Waals surface area contributed by atoms with E-state index in [1.807, 2.05) is 0 Å². The summed E-state index contributed by atoms with van der Waals surface area (Å²) in [5.41, 5.74) is -1.28. The number of nitrogens with zero attached hydrogens (tertiary/aromatic N) is 2. The topological polar surface area (TPSA) is 48.1 Å². The Hall–Kier alpha value is -1.53. The zero-order valence-corrected chi connectivity index (χ0v) is 5.58. The van der Waals surface area contributed by atoms with Crippen molar-refractivity contribution < 1.29 is 18.2 Å². The van der Waals surface area contributed by atoms with Gasteiger partial charge in [-0.25, -0.2) is 10.1 Å². The van der Waals surface area contributed by atoms with Gasteiger partial charge >= 0.3 is 6.18 Å². The molecular formula is C5H3F3N2O2. The second kappa shape index (κ2) is 2.50. The Morgan fingerprint density at radius 3 is 2.42 bits per heavy atom. The van der Waals surface area contributed by atoms with Gasteiger partial charge in [-0.1, -0.05) is 4.68 Å². The lowest BCUT2D eigenvalue weighted by Gasteiger charge is -2.03. The molecule has 0 aliphatic heterocycles. The van der Waals surface area contributed by atoms with Crippen molar-refractivity contribution in [1.82, 2.24) is 4.68 Å². The average molecular weight is 180 g/mol. The van der Waals surface area contributed by atoms with E-state index in [1.165, 1.54) is 0 Å². The van der Waals surface area contributed by atoms with Crippen LogP contribution in [-0.4, -0.2) is 9.71 Å². The lowest BCUT2D eigenvalue weighted by molar-refractivity contribution is -0.546. The van der Waals surface area contributed by atoms with Gasteiger partial charge in [0.1, 0.15) is 0 Å². The van der Waals surface area contributed by atoms with Crippen molar-refractivity contribution in [3.8, 4) is 0 Å². The molecule has 4 nitrogen and oxygen atoms in total. The molecule has 1 heterocycles. The summed E-state index contributed by atoms with van der Waals surface area (Å²) in [6.07, 6.45) is -3.95. The standard InChI is InChI=1S/C5H3F3N2O2/c6-5(7,8)4-2-1-3-9(4)10(11)12/h1-3H. The van der Waals surface area contributed by atoms with Crippen LogP contribution in [0.4, 0.5) is 13.2 Å². The van der Waals surface area contributed by atoms with Crippen molar-refractivity contribution in [3.63, 3.8) is 0 Å². The third-order valence-electron chi connectivity index (χ3n) is 1.19. The highest BCUT2D eigenvalue weighted by Crippen LogP contribution is 2.29. The molecule has 0 atom stereocenters. The zero-order chi connectivity index (χ0) is 9.35. The van der Waals surface area contributed by atoms with Crippen molar-refractivity contribution in [3.05, 3.63) is 34.1 Å². The predicted molar refractivity (Wildman–Crippen MR) is 31.8 cm³/mol. The number of rotatable bonds is 1. The van der Waals surface area contributed by atoms with Gasteiger partial charge < -0.3 is 0 Å². The van der Waals surface area contributed by atoms with Gasteiger partial charge in [-0.3, -0.25) is 0 Å². The normalized spacial score (nSPS) is 11.6. The van der Waals surface area contributed by atoms with Crippen molar-refractivity contribution in [2.45, 2.75) is 6.18 Å². The van der Waals surface area contributed by atoms with E-state index in [4.69, 9.17) is 0 Å². The van der Waals surface area contributed by atoms with Crippen LogP contribution >= 0.6 is 0 Å². The average Bonchev–Trinajstić information content (AvgIpc) is 2.30. The van der Waals surface area contributed by atoms with Crippen LogP contribution < -0.4 is 0 Å². The summed E-state index contributed by atoms with van der Waals surface area (Å²) in [5, 5.41) is 8.86. The fraction of sp³-hybridized carbons (Fsp3) is 0.200. The molecule has 66 valence electrons. The van der Waals surface area contributed by atoms with E-state index in [9.17, 15) is 23.3 Å². The molecule has 0 N–H and O–H groups in total. The molecule has 0 spiro atoms. The quantitative estimate of drug-likeness (QED) is 0.486. The molecule has 1 rings (SSSR count). The smallest absolute Gasteiger partial charge is 0.234 e. The third kappa shape index (κ3) is 1.39. The molecule has 0 aliphatic carbocycles. The molecule has 0 fully saturated rings. The van der Waals surface area contributed by atoms with Gasteiger partial charge in [0, 0.05) is 0 Å². The van der Waals surface area contributed by atoms with E-state index in [0.717, 1.165) is 12.3 Å². The summed E-state index contributed by atoms with van der Waals surface area (Å²) in [5.74, 6) is 0. The van der Waals surface area contributed by atoms with Gasteiger partial charge in [-0.15, -0.1) is 0 Å². The summed E-state index contributed by atoms with van der Waals surface area (Å²) >= 11 is 0. The van der Waals surface area contributed by atoms with E-state index in [-0.39, 0.29) is 4.68 Å². The molecule has 0 bridgehead atoms. The zero-order valence-electron chi connectivity index (χ0n) is 5.58. The van der Waals surface area contributed by atoms with Crippen LogP contribution in [0.1, 0.15) is 5.69 Å². The van der Waals surface area contributed by atoms with E-state index in [2.05, 4.69) is 0 Å². The number of hydrogen-bond acceptors (Lipinski definition) is 2. The summed E-state index contributed by atoms with van der Waals surface area (Å²) < 4.78 is 35.7. The fourth-order valence-electron chi connectivity index (χ4n) is 0.739. The summed E-state index contributed by atoms with van der Waals surface area (Å²) in [6, 6.07) is 1.61. The Morgan fingerprint density at radius 1 is 1.50 bits per heavy atom. The maximum Gasteiger partial charge on any atom is 0.437 e. The van der Waals surface area contributed by atoms with Crippen LogP contribution in [0, 0.1) is 10.1 Å². The molecule has 1 aromatic heterocycles. The number of alkyl halides is 3. The lowest BCUT2D eigenvalue weighted by atomic mass is 10.4. The van der Waals surface area contributed by atoms with Crippen molar-refractivity contribution in [2.75, 3.05) is 0 Å². The minimum absolute atomic E-state index is 0.0694. The number of aromatic nitrogens is 1. The monoisotopic (exact) mass is 180 g/mol. The second-order valence-corrected chi connectivity index (χ2v) is 1.97. The summed E-state index contributed by atoms with van der Waals surface area (Å²) in [7, 11) is 0. The highest BCUT2D eigenvalue weighted by atomic mass is 19.4. The molecule has 1 aromatic rings. The Labute approximate surface area is 64.3 Å². The molecule has 0 aliphatic rings. The predicted octanol–water partition coefficient (Wildman–Crippen LogP) is 1.55. The third-order valence-corrected chi connectivity index (χ3v) is 1.19. The van der Waals surface area contributed by atoms with Crippen molar-refractivity contribution in [2.24, 2.45) is 0 Å². The van der Waals surface area contributed by atoms with E-state index >= 15 is 0 Å². The Kier molecular flexibility index (Phi) is 1.79. The minimum Gasteiger partial charge on any atom is -0.234 e. The van der Waals surface area contributed by atoms with Crippen LogP contribution in [0.15, 0.2) is 18.3 Å². The summed E-state index contributed by atoms with van der Waals surface area (Å²) in [6.45, 7) is 0. The van der Waals surface area contributed by atoms with E-state index < -0.39 is 16.9 Å². The molecule has 0 unspecified atom stereocenters. The van der Waals surface area contributed by atoms with Gasteiger partial charge in [0.05, 0.1) is 6.20 Å². The molecule has 0 saturated heterocycles. The number of halogens is 3. The Balaban J connectivity index is 3.17. The van der Waals surface area contributed by atoms with Gasteiger partial charge in [-0.05, 0) is 12.1 Å². The first kappa shape index (κ1) is 8.57. The van der Waals surface area contributed by atoms with Crippen molar-refractivity contribution in [1.29, 1.82) is 0 Å². The molecular weight excluding hydrogens is 177 g/mol. The number of hydrogen-bond donors (Lipinski definition) is 0. The van der Waals surface area contributed by atoms with Gasteiger partial charge in [-0.2, -0.15) is 13.2 Å². The maximum atomic E-state index is 11.9. The molecule has 0 amide bonds. The Morgan fingerprint density at radius 2 is 2.08 bits per heavy atom. The van der Waals surface area contributed by atoms with Crippen LogP contribution in [0.5, 0.6) is 0 Å². The maximum absolute atomic E-state index is 11.9. The SMILES string of the molecule is O=[N+]([O-])n1cccc1C(F)(F)F. The largest absolute Gasteiger partial charge is 0.437 e. The highest BCUT2D eigenvalue weighted by Gasteiger charge is 2.37. The molecule has 7 heteroatoms. The molecule has 0 radical (unpaired) electrons. The first-order valence-corrected chi connectivity index (χ1v) is 2.82. The van der Waals surface area contributed by atoms with Crippen LogP contribution in [-0.2, 0) is 6.18 Å². The fourth-order valence-corrected chi connectivity index (χ4v) is 0.739. The van der Waals surface area contributed by atoms with Gasteiger partial charge in [0.2, 0.25) is 0 Å². The van der Waals surface area contributed by atoms with E-state index in [1.54, 1.807) is 0 Å². The molecule has 12 heavy (non-hydrogen) atoms. The first-order valence-electron chi connectivity index (χ1n) is 2.82. The summed E-state index contributed by atoms with van der Waals surface area (Å²) in [4.78, 5) is 10.00. The van der Waals surface area contributed by atoms with Crippen LogP contribution in [0.2, 0.25) is 0 Å². The number of nitro groups is 1. The molecule has 0 aromatic carbocycles. The lowest BCUT2D eigenvalue weighted by Crippen LogP contribution is -2.18. The van der Waals surface area contributed by atoms with Crippen LogP contribution in [0.25, 0.3) is 0 Å². The van der Waals surface area contributed by atoms with Crippen molar-refractivity contribution >= 4 is 0 Å². The minimum atomic E-state index is -4.68.